The fraction of sp³-hybridized carbons (Fsp3) is 0.0351. The van der Waals surface area contributed by atoms with Crippen LogP contribution in [0.5, 0.6) is 0 Å². The molecular formula is C57H36N2OS. The van der Waals surface area contributed by atoms with Crippen molar-refractivity contribution >= 4 is 64.8 Å². The molecule has 0 atom stereocenters. The van der Waals surface area contributed by atoms with Gasteiger partial charge in [-0.05, 0) is 68.3 Å². The summed E-state index contributed by atoms with van der Waals surface area (Å²) in [5, 5.41) is 18.2. The van der Waals surface area contributed by atoms with Crippen LogP contribution in [0.1, 0.15) is 38.9 Å². The molecule has 13 rings (SSSR count). The van der Waals surface area contributed by atoms with Crippen molar-refractivity contribution in [3.8, 4) is 33.4 Å². The summed E-state index contributed by atoms with van der Waals surface area (Å²) in [6, 6.07) is 69.8. The highest BCUT2D eigenvalue weighted by molar-refractivity contribution is 7.26. The number of para-hydroxylation sites is 3. The molecule has 0 saturated carbocycles. The monoisotopic (exact) mass is 796 g/mol. The molecule has 2 heterocycles. The zero-order chi connectivity index (χ0) is 40.2. The molecule has 286 valence electrons. The molecule has 2 N–H and O–H groups in total. The molecule has 0 amide bonds. The van der Waals surface area contributed by atoms with Crippen molar-refractivity contribution in [1.82, 2.24) is 0 Å². The van der Waals surface area contributed by atoms with E-state index in [1.54, 1.807) is 0 Å². The van der Waals surface area contributed by atoms with Crippen molar-refractivity contribution < 1.29 is 4.42 Å². The highest BCUT2D eigenvalue weighted by Crippen LogP contribution is 2.64. The highest BCUT2D eigenvalue weighted by Gasteiger charge is 2.52. The van der Waals surface area contributed by atoms with Crippen molar-refractivity contribution in [1.29, 1.82) is 5.41 Å². The number of fused-ring (bicyclic) bond motifs is 17. The first-order valence-corrected chi connectivity index (χ1v) is 21.7. The Morgan fingerprint density at radius 2 is 1.15 bits per heavy atom. The molecule has 0 bridgehead atoms. The van der Waals surface area contributed by atoms with Crippen molar-refractivity contribution in [3.63, 3.8) is 0 Å². The van der Waals surface area contributed by atoms with Gasteiger partial charge in [-0.1, -0.05) is 176 Å². The van der Waals surface area contributed by atoms with E-state index in [1.807, 2.05) is 47.7 Å². The van der Waals surface area contributed by atoms with Crippen LogP contribution in [0.15, 0.2) is 199 Å². The first kappa shape index (κ1) is 34.3. The summed E-state index contributed by atoms with van der Waals surface area (Å²) < 4.78 is 9.40. The third-order valence-corrected chi connectivity index (χ3v) is 14.4. The van der Waals surface area contributed by atoms with E-state index in [2.05, 4.69) is 163 Å². The number of anilines is 1. The fourth-order valence-electron chi connectivity index (χ4n) is 10.6. The maximum absolute atomic E-state index is 9.70. The number of nitrogens with one attached hydrogen (secondary N) is 2. The van der Waals surface area contributed by atoms with Gasteiger partial charge in [0.15, 0.2) is 0 Å². The average molecular weight is 797 g/mol. The molecule has 61 heavy (non-hydrogen) atoms. The fourth-order valence-corrected chi connectivity index (χ4v) is 11.9. The molecule has 0 radical (unpaired) electrons. The average Bonchev–Trinajstić information content (AvgIpc) is 4.06. The number of benzene rings is 9. The molecule has 2 aromatic heterocycles. The molecule has 0 fully saturated rings. The lowest BCUT2D eigenvalue weighted by atomic mass is 9.70. The standard InChI is InChI=1S/C57H36N2OS/c58-53(45-23-13-22-41-40-21-12-20-36(54(40)60-55(41)45)35-14-2-1-3-15-35)44-19-6-10-26-50(44)59-33-34-28-29-43-49(32-34)57(46-24-8-4-16-37(46)38-17-5-9-25-47(38)57)48-31-30-42-39-18-7-11-27-51(39)61-56(42)52(43)48/h1-32,58-59H,33H2. The number of furan rings is 1. The van der Waals surface area contributed by atoms with Gasteiger partial charge < -0.3 is 9.73 Å². The lowest BCUT2D eigenvalue weighted by Crippen LogP contribution is -2.26. The van der Waals surface area contributed by atoms with Gasteiger partial charge in [0.2, 0.25) is 0 Å². The second kappa shape index (κ2) is 13.0. The van der Waals surface area contributed by atoms with Crippen LogP contribution in [0.4, 0.5) is 5.69 Å². The minimum absolute atomic E-state index is 0.420. The van der Waals surface area contributed by atoms with E-state index in [0.29, 0.717) is 12.3 Å². The molecule has 11 aromatic rings. The molecule has 4 heteroatoms. The Kier molecular flexibility index (Phi) is 7.31. The van der Waals surface area contributed by atoms with Gasteiger partial charge in [-0.25, -0.2) is 0 Å². The molecule has 1 spiro atoms. The van der Waals surface area contributed by atoms with Crippen LogP contribution in [0.25, 0.3) is 75.5 Å². The van der Waals surface area contributed by atoms with Gasteiger partial charge in [0.25, 0.3) is 0 Å². The second-order valence-electron chi connectivity index (χ2n) is 16.3. The van der Waals surface area contributed by atoms with Crippen LogP contribution in [-0.2, 0) is 12.0 Å². The SMILES string of the molecule is N=C(c1ccccc1NCc1ccc2c(c1)C1(c3ccccc3-c3ccccc31)c1ccc3c(sc4ccccc43)c1-2)c1cccc2c1oc1c(-c3ccccc3)cccc12. The predicted molar refractivity (Wildman–Crippen MR) is 254 cm³/mol. The van der Waals surface area contributed by atoms with Crippen LogP contribution in [-0.4, -0.2) is 5.71 Å². The Morgan fingerprint density at radius 3 is 1.98 bits per heavy atom. The molecule has 9 aromatic carbocycles. The molecule has 0 aliphatic heterocycles. The summed E-state index contributed by atoms with van der Waals surface area (Å²) in [4.78, 5) is 0. The maximum Gasteiger partial charge on any atom is 0.144 e. The van der Waals surface area contributed by atoms with Crippen molar-refractivity contribution in [2.75, 3.05) is 5.32 Å². The smallest absolute Gasteiger partial charge is 0.144 e. The Balaban J connectivity index is 0.919. The van der Waals surface area contributed by atoms with E-state index in [1.165, 1.54) is 70.2 Å². The van der Waals surface area contributed by atoms with Gasteiger partial charge in [0.1, 0.15) is 11.2 Å². The Bertz CT molecular complexity index is 3580. The first-order chi connectivity index (χ1) is 30.2. The van der Waals surface area contributed by atoms with Crippen LogP contribution in [0, 0.1) is 5.41 Å². The Hall–Kier alpha value is -7.53. The quantitative estimate of drug-likeness (QED) is 0.165. The Morgan fingerprint density at radius 1 is 0.492 bits per heavy atom. The Labute approximate surface area is 356 Å². The largest absolute Gasteiger partial charge is 0.455 e. The van der Waals surface area contributed by atoms with Crippen LogP contribution in [0.2, 0.25) is 0 Å². The topological polar surface area (TPSA) is 49.0 Å². The van der Waals surface area contributed by atoms with Gasteiger partial charge >= 0.3 is 0 Å². The van der Waals surface area contributed by atoms with Crippen LogP contribution in [0.3, 0.4) is 0 Å². The summed E-state index contributed by atoms with van der Waals surface area (Å²) in [6.07, 6.45) is 0. The summed E-state index contributed by atoms with van der Waals surface area (Å²) in [7, 11) is 0. The lowest BCUT2D eigenvalue weighted by Gasteiger charge is -2.30. The van der Waals surface area contributed by atoms with Crippen molar-refractivity contribution in [2.45, 2.75) is 12.0 Å². The van der Waals surface area contributed by atoms with E-state index in [9.17, 15) is 5.41 Å². The zero-order valence-corrected chi connectivity index (χ0v) is 33.8. The summed E-state index contributed by atoms with van der Waals surface area (Å²) in [5.41, 5.74) is 18.0. The van der Waals surface area contributed by atoms with E-state index < -0.39 is 5.41 Å². The van der Waals surface area contributed by atoms with Crippen LogP contribution >= 0.6 is 11.3 Å². The second-order valence-corrected chi connectivity index (χ2v) is 17.3. The summed E-state index contributed by atoms with van der Waals surface area (Å²) in [6.45, 7) is 0.598. The third-order valence-electron chi connectivity index (χ3n) is 13.2. The minimum Gasteiger partial charge on any atom is -0.455 e. The lowest BCUT2D eigenvalue weighted by molar-refractivity contribution is 0.669. The molecular weight excluding hydrogens is 761 g/mol. The predicted octanol–water partition coefficient (Wildman–Crippen LogP) is 15.0. The van der Waals surface area contributed by atoms with Gasteiger partial charge in [0, 0.05) is 65.4 Å². The van der Waals surface area contributed by atoms with Gasteiger partial charge in [-0.2, -0.15) is 0 Å². The van der Waals surface area contributed by atoms with Crippen LogP contribution < -0.4 is 5.32 Å². The van der Waals surface area contributed by atoms with E-state index in [-0.39, 0.29) is 0 Å². The first-order valence-electron chi connectivity index (χ1n) is 20.9. The van der Waals surface area contributed by atoms with E-state index in [0.717, 1.165) is 49.9 Å². The van der Waals surface area contributed by atoms with E-state index >= 15 is 0 Å². The summed E-state index contributed by atoms with van der Waals surface area (Å²) >= 11 is 1.91. The third kappa shape index (κ3) is 4.77. The molecule has 2 aliphatic rings. The molecule has 0 saturated heterocycles. The summed E-state index contributed by atoms with van der Waals surface area (Å²) in [5.74, 6) is 0. The van der Waals surface area contributed by atoms with E-state index in [4.69, 9.17) is 4.42 Å². The number of rotatable bonds is 6. The normalized spacial score (nSPS) is 13.2. The van der Waals surface area contributed by atoms with Gasteiger partial charge in [-0.15, -0.1) is 11.3 Å². The number of hydrogen-bond acceptors (Lipinski definition) is 4. The maximum atomic E-state index is 9.70. The minimum atomic E-state index is -0.441. The molecule has 2 aliphatic carbocycles. The van der Waals surface area contributed by atoms with Gasteiger partial charge in [-0.3, -0.25) is 5.41 Å². The highest BCUT2D eigenvalue weighted by atomic mass is 32.1. The zero-order valence-electron chi connectivity index (χ0n) is 33.0. The molecule has 3 nitrogen and oxygen atoms in total. The van der Waals surface area contributed by atoms with Gasteiger partial charge in [0.05, 0.1) is 11.1 Å². The molecule has 0 unspecified atom stereocenters. The number of hydrogen-bond donors (Lipinski definition) is 2. The van der Waals surface area contributed by atoms with Crippen molar-refractivity contribution in [2.24, 2.45) is 0 Å². The van der Waals surface area contributed by atoms with Crippen molar-refractivity contribution in [3.05, 3.63) is 233 Å². The number of thiophene rings is 1.